The van der Waals surface area contributed by atoms with Crippen LogP contribution in [0.15, 0.2) is 54.6 Å². The van der Waals surface area contributed by atoms with Gasteiger partial charge in [-0.15, -0.1) is 0 Å². The molecule has 0 radical (unpaired) electrons. The molecule has 2 nitrogen and oxygen atoms in total. The van der Waals surface area contributed by atoms with Gasteiger partial charge in [0.05, 0.1) is 0 Å². The van der Waals surface area contributed by atoms with Crippen LogP contribution in [0, 0.1) is 12.8 Å². The number of aromatic nitrogens is 1. The highest BCUT2D eigenvalue weighted by atomic mass is 16.1. The Balaban J connectivity index is 1.93. The number of benzene rings is 2. The molecule has 2 heteroatoms. The van der Waals surface area contributed by atoms with Crippen LogP contribution in [0.3, 0.4) is 0 Å². The second kappa shape index (κ2) is 5.80. The number of hydrogen-bond acceptors (Lipinski definition) is 1. The van der Waals surface area contributed by atoms with Gasteiger partial charge in [0.1, 0.15) is 0 Å². The summed E-state index contributed by atoms with van der Waals surface area (Å²) in [5.74, 6) is 0.194. The van der Waals surface area contributed by atoms with Crippen molar-refractivity contribution in [1.82, 2.24) is 4.57 Å². The number of Topliss-reactive ketones (excluding diaryl/α,β-unsaturated/α-hetero) is 1. The number of carbonyl (C=O) groups excluding carboxylic acids is 1. The SMILES string of the molecule is Cc1c(C[C@H](C)C(=O)c2ccccc2)c2ccccc2n1C. The highest BCUT2D eigenvalue weighted by Gasteiger charge is 2.19. The van der Waals surface area contributed by atoms with E-state index in [1.807, 2.05) is 37.3 Å². The number of carbonyl (C=O) groups is 1. The van der Waals surface area contributed by atoms with Gasteiger partial charge >= 0.3 is 0 Å². The van der Waals surface area contributed by atoms with Gasteiger partial charge in [0.25, 0.3) is 0 Å². The summed E-state index contributed by atoms with van der Waals surface area (Å²) in [5, 5.41) is 1.26. The maximum Gasteiger partial charge on any atom is 0.165 e. The largest absolute Gasteiger partial charge is 0.348 e. The molecule has 0 bridgehead atoms. The fraction of sp³-hybridized carbons (Fsp3) is 0.250. The molecular weight excluding hydrogens is 270 g/mol. The van der Waals surface area contributed by atoms with Gasteiger partial charge in [-0.3, -0.25) is 4.79 Å². The van der Waals surface area contributed by atoms with E-state index in [0.717, 1.165) is 12.0 Å². The molecule has 0 saturated carbocycles. The van der Waals surface area contributed by atoms with Gasteiger partial charge in [-0.25, -0.2) is 0 Å². The average molecular weight is 291 g/mol. The molecule has 1 atom stereocenters. The topological polar surface area (TPSA) is 22.0 Å². The highest BCUT2D eigenvalue weighted by molar-refractivity contribution is 5.98. The van der Waals surface area contributed by atoms with Crippen molar-refractivity contribution in [2.24, 2.45) is 13.0 Å². The standard InChI is InChI=1S/C20H21NO/c1-14(20(22)16-9-5-4-6-10-16)13-18-15(2)21(3)19-12-8-7-11-17(18)19/h4-12,14H,13H2,1-3H3/t14-/m0/s1. The molecule has 0 saturated heterocycles. The summed E-state index contributed by atoms with van der Waals surface area (Å²) in [5.41, 5.74) is 4.56. The zero-order valence-electron chi connectivity index (χ0n) is 13.3. The first-order valence-electron chi connectivity index (χ1n) is 7.71. The first-order valence-corrected chi connectivity index (χ1v) is 7.71. The van der Waals surface area contributed by atoms with Gasteiger partial charge in [-0.2, -0.15) is 0 Å². The lowest BCUT2D eigenvalue weighted by molar-refractivity contribution is 0.0929. The Kier molecular flexibility index (Phi) is 3.84. The van der Waals surface area contributed by atoms with Crippen LogP contribution in [-0.4, -0.2) is 10.4 Å². The Labute approximate surface area is 131 Å². The third kappa shape index (κ3) is 2.45. The summed E-state index contributed by atoms with van der Waals surface area (Å²) >= 11 is 0. The van der Waals surface area contributed by atoms with Gasteiger partial charge in [-0.05, 0) is 25.0 Å². The Morgan fingerprint density at radius 2 is 1.68 bits per heavy atom. The molecule has 22 heavy (non-hydrogen) atoms. The first kappa shape index (κ1) is 14.6. The third-order valence-corrected chi connectivity index (χ3v) is 4.55. The van der Waals surface area contributed by atoms with Crippen LogP contribution >= 0.6 is 0 Å². The van der Waals surface area contributed by atoms with Gasteiger partial charge in [0.15, 0.2) is 5.78 Å². The summed E-state index contributed by atoms with van der Waals surface area (Å²) in [6.07, 6.45) is 0.779. The maximum absolute atomic E-state index is 12.6. The van der Waals surface area contributed by atoms with Crippen molar-refractivity contribution in [3.63, 3.8) is 0 Å². The molecule has 0 aliphatic heterocycles. The molecule has 0 amide bonds. The summed E-state index contributed by atoms with van der Waals surface area (Å²) in [6, 6.07) is 18.0. The van der Waals surface area contributed by atoms with Crippen molar-refractivity contribution in [3.8, 4) is 0 Å². The monoisotopic (exact) mass is 291 g/mol. The fourth-order valence-corrected chi connectivity index (χ4v) is 3.14. The predicted octanol–water partition coefficient (Wildman–Crippen LogP) is 4.55. The van der Waals surface area contributed by atoms with Gasteiger partial charge < -0.3 is 4.57 Å². The van der Waals surface area contributed by atoms with E-state index in [9.17, 15) is 4.79 Å². The van der Waals surface area contributed by atoms with Gasteiger partial charge in [0, 0.05) is 35.1 Å². The zero-order valence-corrected chi connectivity index (χ0v) is 13.3. The molecule has 0 fully saturated rings. The summed E-state index contributed by atoms with van der Waals surface area (Å²) in [7, 11) is 2.09. The molecule has 0 aliphatic rings. The van der Waals surface area contributed by atoms with Crippen LogP contribution in [0.4, 0.5) is 0 Å². The summed E-state index contributed by atoms with van der Waals surface area (Å²) < 4.78 is 2.21. The van der Waals surface area contributed by atoms with Crippen LogP contribution in [0.5, 0.6) is 0 Å². The van der Waals surface area contributed by atoms with Crippen molar-refractivity contribution in [1.29, 1.82) is 0 Å². The molecule has 112 valence electrons. The Morgan fingerprint density at radius 3 is 2.41 bits per heavy atom. The average Bonchev–Trinajstić information content (AvgIpc) is 2.80. The minimum atomic E-state index is -0.0214. The molecular formula is C20H21NO. The minimum Gasteiger partial charge on any atom is -0.348 e. The molecule has 1 aromatic heterocycles. The van der Waals surface area contributed by atoms with E-state index in [1.165, 1.54) is 22.2 Å². The van der Waals surface area contributed by atoms with Crippen LogP contribution in [0.25, 0.3) is 10.9 Å². The molecule has 0 unspecified atom stereocenters. The number of ketones is 1. The van der Waals surface area contributed by atoms with Crippen LogP contribution < -0.4 is 0 Å². The number of para-hydroxylation sites is 1. The van der Waals surface area contributed by atoms with E-state index >= 15 is 0 Å². The Morgan fingerprint density at radius 1 is 1.05 bits per heavy atom. The van der Waals surface area contributed by atoms with E-state index in [0.29, 0.717) is 0 Å². The predicted molar refractivity (Wildman–Crippen MR) is 91.3 cm³/mol. The second-order valence-corrected chi connectivity index (χ2v) is 5.98. The lowest BCUT2D eigenvalue weighted by Gasteiger charge is -2.11. The maximum atomic E-state index is 12.6. The molecule has 3 rings (SSSR count). The Hall–Kier alpha value is -2.35. The van der Waals surface area contributed by atoms with Crippen LogP contribution in [-0.2, 0) is 13.5 Å². The van der Waals surface area contributed by atoms with Crippen molar-refractivity contribution >= 4 is 16.7 Å². The van der Waals surface area contributed by atoms with Gasteiger partial charge in [-0.1, -0.05) is 55.5 Å². The second-order valence-electron chi connectivity index (χ2n) is 5.98. The number of fused-ring (bicyclic) bond motifs is 1. The first-order chi connectivity index (χ1) is 10.6. The van der Waals surface area contributed by atoms with Crippen molar-refractivity contribution in [2.75, 3.05) is 0 Å². The number of rotatable bonds is 4. The minimum absolute atomic E-state index is 0.0214. The summed E-state index contributed by atoms with van der Waals surface area (Å²) in [6.45, 7) is 4.16. The molecule has 1 heterocycles. The van der Waals surface area contributed by atoms with Crippen LogP contribution in [0.1, 0.15) is 28.5 Å². The highest BCUT2D eigenvalue weighted by Crippen LogP contribution is 2.27. The zero-order chi connectivity index (χ0) is 15.7. The lowest BCUT2D eigenvalue weighted by atomic mass is 9.92. The number of nitrogens with zero attached hydrogens (tertiary/aromatic N) is 1. The van der Waals surface area contributed by atoms with E-state index < -0.39 is 0 Å². The fourth-order valence-electron chi connectivity index (χ4n) is 3.14. The van der Waals surface area contributed by atoms with Gasteiger partial charge in [0.2, 0.25) is 0 Å². The van der Waals surface area contributed by atoms with Crippen molar-refractivity contribution in [3.05, 3.63) is 71.4 Å². The molecule has 0 aliphatic carbocycles. The van der Waals surface area contributed by atoms with E-state index in [2.05, 4.69) is 42.8 Å². The molecule has 3 aromatic rings. The molecule has 0 N–H and O–H groups in total. The Bertz CT molecular complexity index is 814. The molecule has 0 spiro atoms. The lowest BCUT2D eigenvalue weighted by Crippen LogP contribution is -2.14. The van der Waals surface area contributed by atoms with E-state index in [4.69, 9.17) is 0 Å². The van der Waals surface area contributed by atoms with E-state index in [-0.39, 0.29) is 11.7 Å². The third-order valence-electron chi connectivity index (χ3n) is 4.55. The normalized spacial score (nSPS) is 12.5. The van der Waals surface area contributed by atoms with Crippen LogP contribution in [0.2, 0.25) is 0 Å². The number of hydrogen-bond donors (Lipinski definition) is 0. The quantitative estimate of drug-likeness (QED) is 0.646. The smallest absolute Gasteiger partial charge is 0.165 e. The summed E-state index contributed by atoms with van der Waals surface area (Å²) in [4.78, 5) is 12.6. The van der Waals surface area contributed by atoms with Crippen molar-refractivity contribution in [2.45, 2.75) is 20.3 Å². The van der Waals surface area contributed by atoms with E-state index in [1.54, 1.807) is 0 Å². The van der Waals surface area contributed by atoms with Crippen molar-refractivity contribution < 1.29 is 4.79 Å². The molecule has 2 aromatic carbocycles. The number of aryl methyl sites for hydroxylation is 1.